The molecule has 0 aromatic heterocycles. The lowest BCUT2D eigenvalue weighted by Gasteiger charge is -2.17. The van der Waals surface area contributed by atoms with Crippen LogP contribution in [0.4, 0.5) is 0 Å². The van der Waals surface area contributed by atoms with Gasteiger partial charge >= 0.3 is 17.9 Å². The van der Waals surface area contributed by atoms with Gasteiger partial charge in [-0.15, -0.1) is 0 Å². The summed E-state index contributed by atoms with van der Waals surface area (Å²) in [4.78, 5) is 33.7. The lowest BCUT2D eigenvalue weighted by Crippen LogP contribution is -2.44. The molecule has 0 saturated heterocycles. The summed E-state index contributed by atoms with van der Waals surface area (Å²) in [6.45, 7) is 5.40. The first-order valence-corrected chi connectivity index (χ1v) is 6.11. The van der Waals surface area contributed by atoms with Crippen molar-refractivity contribution in [2.24, 2.45) is 5.73 Å². The summed E-state index contributed by atoms with van der Waals surface area (Å²) >= 11 is 0. The number of ether oxygens (including phenoxy) is 3. The van der Waals surface area contributed by atoms with Gasteiger partial charge in [0.05, 0.1) is 0 Å². The third kappa shape index (κ3) is 5.23. The van der Waals surface area contributed by atoms with E-state index in [1.54, 1.807) is 0 Å². The minimum Gasteiger partial charge on any atom is -0.425 e. The molecular formula is C14H17NO6. The molecule has 0 aliphatic heterocycles. The second-order valence-corrected chi connectivity index (χ2v) is 4.91. The van der Waals surface area contributed by atoms with E-state index >= 15 is 0 Å². The predicted octanol–water partition coefficient (Wildman–Crippen LogP) is 1.18. The second kappa shape index (κ2) is 6.36. The van der Waals surface area contributed by atoms with Gasteiger partial charge in [0.1, 0.15) is 11.3 Å². The molecule has 0 aliphatic carbocycles. The van der Waals surface area contributed by atoms with E-state index in [4.69, 9.17) is 19.9 Å². The highest BCUT2D eigenvalue weighted by Crippen LogP contribution is 2.32. The Kier molecular flexibility index (Phi) is 5.04. The molecule has 0 heterocycles. The monoisotopic (exact) mass is 295 g/mol. The number of carbonyl (C=O) groups is 3. The van der Waals surface area contributed by atoms with Gasteiger partial charge in [-0.2, -0.15) is 0 Å². The third-order valence-electron chi connectivity index (χ3n) is 2.16. The minimum atomic E-state index is -1.17. The summed E-state index contributed by atoms with van der Waals surface area (Å²) in [5.74, 6) is -1.70. The van der Waals surface area contributed by atoms with E-state index in [1.165, 1.54) is 45.9 Å². The standard InChI is InChI=1S/C14H17NO6/c1-8(16)19-11-6-5-10(7-12(11)20-9(2)17)21-13(18)14(3,4)15/h5-7H,15H2,1-4H3. The highest BCUT2D eigenvalue weighted by atomic mass is 16.6. The highest BCUT2D eigenvalue weighted by Gasteiger charge is 2.25. The van der Waals surface area contributed by atoms with E-state index in [9.17, 15) is 14.4 Å². The Hall–Kier alpha value is -2.41. The van der Waals surface area contributed by atoms with Crippen LogP contribution in [-0.4, -0.2) is 23.4 Å². The van der Waals surface area contributed by atoms with E-state index in [0.29, 0.717) is 0 Å². The van der Waals surface area contributed by atoms with Crippen molar-refractivity contribution in [3.63, 3.8) is 0 Å². The van der Waals surface area contributed by atoms with E-state index in [-0.39, 0.29) is 17.2 Å². The van der Waals surface area contributed by atoms with E-state index < -0.39 is 23.4 Å². The summed E-state index contributed by atoms with van der Waals surface area (Å²) in [5.41, 5.74) is 4.44. The zero-order valence-electron chi connectivity index (χ0n) is 12.3. The normalized spacial score (nSPS) is 10.7. The molecule has 1 aromatic rings. The summed E-state index contributed by atoms with van der Waals surface area (Å²) in [6, 6.07) is 4.02. The molecule has 0 radical (unpaired) electrons. The number of nitrogens with two attached hydrogens (primary N) is 1. The highest BCUT2D eigenvalue weighted by molar-refractivity contribution is 5.82. The number of rotatable bonds is 4. The Labute approximate surface area is 122 Å². The molecule has 0 bridgehead atoms. The van der Waals surface area contributed by atoms with Gasteiger partial charge in [-0.1, -0.05) is 0 Å². The Morgan fingerprint density at radius 2 is 1.48 bits per heavy atom. The van der Waals surface area contributed by atoms with Crippen LogP contribution in [0.25, 0.3) is 0 Å². The van der Waals surface area contributed by atoms with Gasteiger partial charge in [-0.25, -0.2) is 4.79 Å². The molecule has 7 heteroatoms. The average molecular weight is 295 g/mol. The number of esters is 3. The number of carbonyl (C=O) groups excluding carboxylic acids is 3. The lowest BCUT2D eigenvalue weighted by molar-refractivity contribution is -0.139. The first kappa shape index (κ1) is 16.6. The van der Waals surface area contributed by atoms with Crippen LogP contribution >= 0.6 is 0 Å². The Bertz CT molecular complexity index is 573. The van der Waals surface area contributed by atoms with E-state index in [1.807, 2.05) is 0 Å². The SMILES string of the molecule is CC(=O)Oc1ccc(OC(=O)C(C)(C)N)cc1OC(C)=O. The van der Waals surface area contributed by atoms with Gasteiger partial charge in [0.15, 0.2) is 11.5 Å². The van der Waals surface area contributed by atoms with Crippen molar-refractivity contribution in [3.05, 3.63) is 18.2 Å². The van der Waals surface area contributed by atoms with Crippen LogP contribution in [-0.2, 0) is 14.4 Å². The third-order valence-corrected chi connectivity index (χ3v) is 2.16. The van der Waals surface area contributed by atoms with Crippen molar-refractivity contribution in [1.82, 2.24) is 0 Å². The molecule has 2 N–H and O–H groups in total. The Balaban J connectivity index is 3.06. The van der Waals surface area contributed by atoms with Crippen molar-refractivity contribution in [1.29, 1.82) is 0 Å². The maximum absolute atomic E-state index is 11.7. The molecule has 7 nitrogen and oxygen atoms in total. The second-order valence-electron chi connectivity index (χ2n) is 4.91. The summed E-state index contributed by atoms with van der Waals surface area (Å²) in [5, 5.41) is 0. The maximum atomic E-state index is 11.7. The molecule has 0 spiro atoms. The first-order chi connectivity index (χ1) is 9.59. The molecule has 114 valence electrons. The fraction of sp³-hybridized carbons (Fsp3) is 0.357. The van der Waals surface area contributed by atoms with Gasteiger partial charge < -0.3 is 19.9 Å². The maximum Gasteiger partial charge on any atom is 0.330 e. The van der Waals surface area contributed by atoms with Gasteiger partial charge in [0.25, 0.3) is 0 Å². The van der Waals surface area contributed by atoms with Crippen LogP contribution in [0.15, 0.2) is 18.2 Å². The van der Waals surface area contributed by atoms with Crippen LogP contribution in [0.3, 0.4) is 0 Å². The number of hydrogen-bond donors (Lipinski definition) is 1. The lowest BCUT2D eigenvalue weighted by atomic mass is 10.1. The van der Waals surface area contributed by atoms with Crippen molar-refractivity contribution >= 4 is 17.9 Å². The Morgan fingerprint density at radius 3 is 1.95 bits per heavy atom. The Morgan fingerprint density at radius 1 is 0.952 bits per heavy atom. The molecule has 0 saturated carbocycles. The van der Waals surface area contributed by atoms with Crippen molar-refractivity contribution < 1.29 is 28.6 Å². The molecule has 0 fully saturated rings. The predicted molar refractivity (Wildman–Crippen MR) is 73.0 cm³/mol. The molecule has 0 atom stereocenters. The molecule has 0 unspecified atom stereocenters. The van der Waals surface area contributed by atoms with Crippen LogP contribution < -0.4 is 19.9 Å². The van der Waals surface area contributed by atoms with Crippen LogP contribution in [0.2, 0.25) is 0 Å². The smallest absolute Gasteiger partial charge is 0.330 e. The van der Waals surface area contributed by atoms with Crippen LogP contribution in [0.5, 0.6) is 17.2 Å². The molecular weight excluding hydrogens is 278 g/mol. The first-order valence-electron chi connectivity index (χ1n) is 6.11. The molecule has 1 rings (SSSR count). The summed E-state index contributed by atoms with van der Waals surface area (Å²) < 4.78 is 14.9. The van der Waals surface area contributed by atoms with E-state index in [0.717, 1.165) is 0 Å². The van der Waals surface area contributed by atoms with Gasteiger partial charge in [0.2, 0.25) is 0 Å². The molecule has 21 heavy (non-hydrogen) atoms. The zero-order chi connectivity index (χ0) is 16.2. The van der Waals surface area contributed by atoms with Crippen molar-refractivity contribution in [2.75, 3.05) is 0 Å². The topological polar surface area (TPSA) is 105 Å². The van der Waals surface area contributed by atoms with Crippen LogP contribution in [0, 0.1) is 0 Å². The van der Waals surface area contributed by atoms with Crippen molar-refractivity contribution in [2.45, 2.75) is 33.2 Å². The van der Waals surface area contributed by atoms with E-state index in [2.05, 4.69) is 0 Å². The van der Waals surface area contributed by atoms with Gasteiger partial charge in [0, 0.05) is 19.9 Å². The van der Waals surface area contributed by atoms with Gasteiger partial charge in [-0.3, -0.25) is 9.59 Å². The summed E-state index contributed by atoms with van der Waals surface area (Å²) in [6.07, 6.45) is 0. The van der Waals surface area contributed by atoms with Crippen LogP contribution in [0.1, 0.15) is 27.7 Å². The largest absolute Gasteiger partial charge is 0.425 e. The molecule has 0 aliphatic rings. The number of benzene rings is 1. The van der Waals surface area contributed by atoms with Gasteiger partial charge in [-0.05, 0) is 26.0 Å². The summed E-state index contributed by atoms with van der Waals surface area (Å²) in [7, 11) is 0. The fourth-order valence-corrected chi connectivity index (χ4v) is 1.26. The fourth-order valence-electron chi connectivity index (χ4n) is 1.26. The van der Waals surface area contributed by atoms with Crippen molar-refractivity contribution in [3.8, 4) is 17.2 Å². The average Bonchev–Trinajstić information content (AvgIpc) is 2.30. The zero-order valence-corrected chi connectivity index (χ0v) is 12.3. The minimum absolute atomic E-state index is 0.0298. The molecule has 1 aromatic carbocycles. The molecule has 0 amide bonds. The quantitative estimate of drug-likeness (QED) is 0.656. The number of hydrogen-bond acceptors (Lipinski definition) is 7.